The first-order valence-electron chi connectivity index (χ1n) is 7.13. The number of hydrogen-bond donors (Lipinski definition) is 0. The summed E-state index contributed by atoms with van der Waals surface area (Å²) in [6.07, 6.45) is 3.03. The maximum Gasteiger partial charge on any atom is 0.333 e. The molecule has 4 amide bonds. The van der Waals surface area contributed by atoms with Gasteiger partial charge >= 0.3 is 6.03 Å². The quantitative estimate of drug-likeness (QED) is 0.561. The van der Waals surface area contributed by atoms with E-state index in [0.717, 1.165) is 16.3 Å². The number of nitrogens with zero attached hydrogens (tertiary/aromatic N) is 3. The molecule has 0 aliphatic carbocycles. The number of carbonyl (C=O) groups excluding carboxylic acids is 3. The monoisotopic (exact) mass is 307 g/mol. The second kappa shape index (κ2) is 5.47. The van der Waals surface area contributed by atoms with E-state index in [-0.39, 0.29) is 11.1 Å². The van der Waals surface area contributed by atoms with Gasteiger partial charge < -0.3 is 9.64 Å². The van der Waals surface area contributed by atoms with Gasteiger partial charge in [-0.25, -0.2) is 4.79 Å². The summed E-state index contributed by atoms with van der Waals surface area (Å²) in [5, 5.41) is 0. The van der Waals surface area contributed by atoms with E-state index in [1.165, 1.54) is 20.2 Å². The molecule has 2 saturated heterocycles. The molecule has 7 heteroatoms. The predicted molar refractivity (Wildman–Crippen MR) is 79.5 cm³/mol. The SMILES string of the molecule is CCN1/C(=C\C=C2C(=O)N(C)C(=O)N(C)C2=O)OCC1(C)C. The topological polar surface area (TPSA) is 70.2 Å². The lowest BCUT2D eigenvalue weighted by Crippen LogP contribution is -2.53. The summed E-state index contributed by atoms with van der Waals surface area (Å²) in [4.78, 5) is 39.7. The van der Waals surface area contributed by atoms with E-state index in [0.29, 0.717) is 12.5 Å². The first-order chi connectivity index (χ1) is 10.2. The summed E-state index contributed by atoms with van der Waals surface area (Å²) in [7, 11) is 2.70. The summed E-state index contributed by atoms with van der Waals surface area (Å²) in [5.74, 6) is -0.599. The van der Waals surface area contributed by atoms with E-state index in [1.54, 1.807) is 6.08 Å². The van der Waals surface area contributed by atoms with Gasteiger partial charge in [-0.2, -0.15) is 0 Å². The van der Waals surface area contributed by atoms with Gasteiger partial charge in [0.15, 0.2) is 5.88 Å². The molecule has 22 heavy (non-hydrogen) atoms. The number of allylic oxidation sites excluding steroid dienone is 2. The summed E-state index contributed by atoms with van der Waals surface area (Å²) >= 11 is 0. The van der Waals surface area contributed by atoms with Crippen molar-refractivity contribution < 1.29 is 19.1 Å². The molecule has 0 atom stereocenters. The van der Waals surface area contributed by atoms with E-state index < -0.39 is 17.8 Å². The van der Waals surface area contributed by atoms with E-state index in [2.05, 4.69) is 18.7 Å². The molecule has 7 nitrogen and oxygen atoms in total. The third-order valence-corrected chi connectivity index (χ3v) is 3.92. The lowest BCUT2D eigenvalue weighted by atomic mass is 10.1. The van der Waals surface area contributed by atoms with Gasteiger partial charge in [0.25, 0.3) is 11.8 Å². The normalized spacial score (nSPS) is 23.5. The highest BCUT2D eigenvalue weighted by molar-refractivity contribution is 6.28. The van der Waals surface area contributed by atoms with E-state index in [4.69, 9.17) is 4.74 Å². The molecule has 0 aromatic rings. The molecular weight excluding hydrogens is 286 g/mol. The first-order valence-corrected chi connectivity index (χ1v) is 7.13. The van der Waals surface area contributed by atoms with Gasteiger partial charge in [0, 0.05) is 20.6 Å². The van der Waals surface area contributed by atoms with Crippen molar-refractivity contribution >= 4 is 17.8 Å². The largest absolute Gasteiger partial charge is 0.477 e. The highest BCUT2D eigenvalue weighted by Gasteiger charge is 2.38. The third-order valence-electron chi connectivity index (χ3n) is 3.92. The molecule has 0 saturated carbocycles. The zero-order valence-corrected chi connectivity index (χ0v) is 13.5. The molecule has 2 aliphatic heterocycles. The van der Waals surface area contributed by atoms with Gasteiger partial charge in [0.05, 0.1) is 5.54 Å². The number of imide groups is 2. The molecule has 0 N–H and O–H groups in total. The van der Waals surface area contributed by atoms with E-state index >= 15 is 0 Å². The van der Waals surface area contributed by atoms with Gasteiger partial charge in [-0.05, 0) is 32.9 Å². The maximum atomic E-state index is 12.1. The Kier molecular flexibility index (Phi) is 4.00. The van der Waals surface area contributed by atoms with Crippen molar-refractivity contribution in [1.29, 1.82) is 0 Å². The maximum absolute atomic E-state index is 12.1. The zero-order valence-electron chi connectivity index (χ0n) is 13.5. The van der Waals surface area contributed by atoms with Gasteiger partial charge in [-0.1, -0.05) is 0 Å². The first kappa shape index (κ1) is 16.1. The van der Waals surface area contributed by atoms with Crippen molar-refractivity contribution in [3.8, 4) is 0 Å². The Morgan fingerprint density at radius 3 is 2.14 bits per heavy atom. The minimum atomic E-state index is -0.631. The average molecular weight is 307 g/mol. The molecule has 2 aliphatic rings. The number of likely N-dealkylation sites (N-methyl/N-ethyl adjacent to an activating group) is 3. The Morgan fingerprint density at radius 2 is 1.64 bits per heavy atom. The minimum Gasteiger partial charge on any atom is -0.477 e. The molecule has 120 valence electrons. The van der Waals surface area contributed by atoms with Crippen LogP contribution in [0.3, 0.4) is 0 Å². The molecule has 2 fully saturated rings. The molecule has 2 heterocycles. The number of carbonyl (C=O) groups is 3. The van der Waals surface area contributed by atoms with Crippen LogP contribution < -0.4 is 0 Å². The Bertz CT molecular complexity index is 566. The van der Waals surface area contributed by atoms with Crippen LogP contribution in [0.5, 0.6) is 0 Å². The fraction of sp³-hybridized carbons (Fsp3) is 0.533. The number of ether oxygens (including phenoxy) is 1. The van der Waals surface area contributed by atoms with Crippen molar-refractivity contribution in [3.63, 3.8) is 0 Å². The Morgan fingerprint density at radius 1 is 1.09 bits per heavy atom. The minimum absolute atomic E-state index is 0.0542. The van der Waals surface area contributed by atoms with Gasteiger partial charge in [0.2, 0.25) is 0 Å². The van der Waals surface area contributed by atoms with Crippen molar-refractivity contribution in [2.75, 3.05) is 27.2 Å². The number of amides is 4. The van der Waals surface area contributed by atoms with E-state index in [9.17, 15) is 14.4 Å². The molecular formula is C15H21N3O4. The fourth-order valence-electron chi connectivity index (χ4n) is 2.58. The Labute approximate surface area is 129 Å². The van der Waals surface area contributed by atoms with Crippen LogP contribution in [0, 0.1) is 0 Å². The van der Waals surface area contributed by atoms with Gasteiger partial charge in [0.1, 0.15) is 12.2 Å². The van der Waals surface area contributed by atoms with Crippen LogP contribution in [0.4, 0.5) is 4.79 Å². The number of urea groups is 1. The second-order valence-electron chi connectivity index (χ2n) is 5.94. The summed E-state index contributed by atoms with van der Waals surface area (Å²) < 4.78 is 5.63. The Balaban J connectivity index is 2.33. The van der Waals surface area contributed by atoms with Crippen LogP contribution in [0.15, 0.2) is 23.6 Å². The van der Waals surface area contributed by atoms with Gasteiger partial charge in [-0.15, -0.1) is 0 Å². The van der Waals surface area contributed by atoms with Crippen LogP contribution in [0.25, 0.3) is 0 Å². The predicted octanol–water partition coefficient (Wildman–Crippen LogP) is 0.935. The molecule has 2 rings (SSSR count). The fourth-order valence-corrected chi connectivity index (χ4v) is 2.58. The van der Waals surface area contributed by atoms with Crippen LogP contribution in [0.2, 0.25) is 0 Å². The van der Waals surface area contributed by atoms with Crippen LogP contribution >= 0.6 is 0 Å². The summed E-state index contributed by atoms with van der Waals surface area (Å²) in [6.45, 7) is 7.41. The van der Waals surface area contributed by atoms with Crippen molar-refractivity contribution in [2.24, 2.45) is 0 Å². The zero-order chi connectivity index (χ0) is 16.7. The van der Waals surface area contributed by atoms with Crippen LogP contribution in [-0.2, 0) is 14.3 Å². The molecule has 0 bridgehead atoms. The van der Waals surface area contributed by atoms with Crippen molar-refractivity contribution in [2.45, 2.75) is 26.3 Å². The molecule has 0 aromatic heterocycles. The number of barbiturate groups is 1. The lowest BCUT2D eigenvalue weighted by Gasteiger charge is -2.29. The Hall–Kier alpha value is -2.31. The smallest absolute Gasteiger partial charge is 0.333 e. The van der Waals surface area contributed by atoms with Gasteiger partial charge in [-0.3, -0.25) is 19.4 Å². The average Bonchev–Trinajstić information content (AvgIpc) is 2.77. The molecule has 0 spiro atoms. The van der Waals surface area contributed by atoms with Crippen molar-refractivity contribution in [1.82, 2.24) is 14.7 Å². The molecule has 0 radical (unpaired) electrons. The van der Waals surface area contributed by atoms with Crippen LogP contribution in [-0.4, -0.2) is 65.3 Å². The van der Waals surface area contributed by atoms with Crippen LogP contribution in [0.1, 0.15) is 20.8 Å². The molecule has 0 unspecified atom stereocenters. The third kappa shape index (κ3) is 2.47. The van der Waals surface area contributed by atoms with Crippen molar-refractivity contribution in [3.05, 3.63) is 23.6 Å². The summed E-state index contributed by atoms with van der Waals surface area (Å²) in [5.41, 5.74) is -0.190. The number of hydrogen-bond acceptors (Lipinski definition) is 5. The second-order valence-corrected chi connectivity index (χ2v) is 5.94. The lowest BCUT2D eigenvalue weighted by molar-refractivity contribution is -0.134. The van der Waals surface area contributed by atoms with E-state index in [1.807, 2.05) is 6.92 Å². The summed E-state index contributed by atoms with van der Waals surface area (Å²) in [6, 6.07) is -0.631. The highest BCUT2D eigenvalue weighted by Crippen LogP contribution is 2.29. The molecule has 0 aromatic carbocycles. The number of rotatable bonds is 2. The standard InChI is InChI=1S/C15H21N3O4/c1-6-18-11(22-9-15(18,2)3)8-7-10-12(19)16(4)14(21)17(5)13(10)20/h7-8H,6,9H2,1-5H3/b11-8+. The highest BCUT2D eigenvalue weighted by atomic mass is 16.5.